The molecular formula is C22H22ClF2N3O5S. The molecule has 1 aliphatic rings. The molecule has 4 rings (SSSR count). The number of ether oxygens (including phenoxy) is 2. The number of carbonyl (C=O) groups excluding carboxylic acids is 1. The first kappa shape index (κ1) is 24.4. The van der Waals surface area contributed by atoms with E-state index in [0.717, 1.165) is 18.4 Å². The van der Waals surface area contributed by atoms with Crippen LogP contribution < -0.4 is 0 Å². The maximum Gasteiger partial charge on any atom is 0.409 e. The fourth-order valence-electron chi connectivity index (χ4n) is 3.93. The predicted octanol–water partition coefficient (Wildman–Crippen LogP) is 3.81. The molecule has 1 aliphatic heterocycles. The first-order chi connectivity index (χ1) is 16.0. The average Bonchev–Trinajstić information content (AvgIpc) is 3.09. The number of nitrogens with zero attached hydrogens (tertiary/aromatic N) is 3. The molecule has 0 spiro atoms. The summed E-state index contributed by atoms with van der Waals surface area (Å²) in [6.45, 7) is 2.49. The molecule has 0 bridgehead atoms. The summed E-state index contributed by atoms with van der Waals surface area (Å²) in [4.78, 5) is 17.7. The SMILES string of the molecule is COC(=O)N1CCO[C@@H](Cn2c(-c3c(F)cc(S(C)(=O)=O)cc3Cl)nc3cc(C)c(F)cc32)C1. The monoisotopic (exact) mass is 513 g/mol. The van der Waals surface area contributed by atoms with Crippen LogP contribution in [0.3, 0.4) is 0 Å². The van der Waals surface area contributed by atoms with Crippen molar-refractivity contribution in [2.75, 3.05) is 33.1 Å². The highest BCUT2D eigenvalue weighted by atomic mass is 35.5. The van der Waals surface area contributed by atoms with Crippen molar-refractivity contribution in [3.63, 3.8) is 0 Å². The molecule has 1 fully saturated rings. The molecule has 1 saturated heterocycles. The lowest BCUT2D eigenvalue weighted by Gasteiger charge is -2.32. The van der Waals surface area contributed by atoms with Crippen molar-refractivity contribution in [1.82, 2.24) is 14.5 Å². The number of hydrogen-bond acceptors (Lipinski definition) is 6. The Morgan fingerprint density at radius 3 is 2.65 bits per heavy atom. The largest absolute Gasteiger partial charge is 0.453 e. The zero-order chi connectivity index (χ0) is 24.8. The Labute approximate surface area is 199 Å². The zero-order valence-electron chi connectivity index (χ0n) is 18.6. The van der Waals surface area contributed by atoms with Crippen molar-refractivity contribution in [1.29, 1.82) is 0 Å². The highest BCUT2D eigenvalue weighted by Gasteiger charge is 2.28. The minimum atomic E-state index is -3.70. The van der Waals surface area contributed by atoms with Crippen molar-refractivity contribution in [3.05, 3.63) is 46.5 Å². The first-order valence-electron chi connectivity index (χ1n) is 10.3. The highest BCUT2D eigenvalue weighted by Crippen LogP contribution is 2.35. The van der Waals surface area contributed by atoms with Gasteiger partial charge in [-0.25, -0.2) is 27.0 Å². The molecule has 12 heteroatoms. The van der Waals surface area contributed by atoms with Gasteiger partial charge in [-0.3, -0.25) is 0 Å². The second kappa shape index (κ2) is 9.12. The average molecular weight is 514 g/mol. The van der Waals surface area contributed by atoms with Crippen LogP contribution in [0.2, 0.25) is 5.02 Å². The number of aryl methyl sites for hydroxylation is 1. The molecule has 8 nitrogen and oxygen atoms in total. The summed E-state index contributed by atoms with van der Waals surface area (Å²) in [6, 6.07) is 4.85. The Hall–Kier alpha value is -2.76. The summed E-state index contributed by atoms with van der Waals surface area (Å²) in [6.07, 6.45) is -0.0758. The zero-order valence-corrected chi connectivity index (χ0v) is 20.2. The molecule has 0 saturated carbocycles. The predicted molar refractivity (Wildman–Crippen MR) is 122 cm³/mol. The number of carbonyl (C=O) groups is 1. The lowest BCUT2D eigenvalue weighted by molar-refractivity contribution is -0.0310. The first-order valence-corrected chi connectivity index (χ1v) is 12.6. The normalized spacial score (nSPS) is 16.8. The molecule has 3 aromatic rings. The Morgan fingerprint density at radius 2 is 2.00 bits per heavy atom. The number of aromatic nitrogens is 2. The van der Waals surface area contributed by atoms with Gasteiger partial charge in [0, 0.05) is 18.9 Å². The minimum Gasteiger partial charge on any atom is -0.453 e. The van der Waals surface area contributed by atoms with E-state index in [1.54, 1.807) is 11.5 Å². The maximum atomic E-state index is 15.2. The number of hydrogen-bond donors (Lipinski definition) is 0. The van der Waals surface area contributed by atoms with Gasteiger partial charge in [0.25, 0.3) is 0 Å². The summed E-state index contributed by atoms with van der Waals surface area (Å²) < 4.78 is 65.6. The van der Waals surface area contributed by atoms with Crippen LogP contribution in [0.25, 0.3) is 22.4 Å². The summed E-state index contributed by atoms with van der Waals surface area (Å²) in [5.74, 6) is -1.27. The fourth-order valence-corrected chi connectivity index (χ4v) is 4.94. The van der Waals surface area contributed by atoms with Gasteiger partial charge < -0.3 is 18.9 Å². The Bertz CT molecular complexity index is 1370. The number of methoxy groups -OCH3 is 1. The van der Waals surface area contributed by atoms with Gasteiger partial charge in [0.1, 0.15) is 17.5 Å². The van der Waals surface area contributed by atoms with E-state index in [4.69, 9.17) is 21.1 Å². The smallest absolute Gasteiger partial charge is 0.409 e. The van der Waals surface area contributed by atoms with Gasteiger partial charge >= 0.3 is 6.09 Å². The lowest BCUT2D eigenvalue weighted by Crippen LogP contribution is -2.47. The van der Waals surface area contributed by atoms with Crippen LogP contribution >= 0.6 is 11.6 Å². The van der Waals surface area contributed by atoms with Gasteiger partial charge in [0.15, 0.2) is 9.84 Å². The van der Waals surface area contributed by atoms with E-state index in [1.807, 2.05) is 0 Å². The van der Waals surface area contributed by atoms with Crippen LogP contribution in [0.15, 0.2) is 29.2 Å². The third-order valence-electron chi connectivity index (χ3n) is 5.65. The van der Waals surface area contributed by atoms with Gasteiger partial charge in [-0.15, -0.1) is 0 Å². The number of morpholine rings is 1. The molecule has 1 amide bonds. The highest BCUT2D eigenvalue weighted by molar-refractivity contribution is 7.90. The van der Waals surface area contributed by atoms with Gasteiger partial charge in [0.05, 0.1) is 59.4 Å². The summed E-state index contributed by atoms with van der Waals surface area (Å²) in [5.41, 5.74) is 1.01. The quantitative estimate of drug-likeness (QED) is 0.527. The summed E-state index contributed by atoms with van der Waals surface area (Å²) in [7, 11) is -2.42. The van der Waals surface area contributed by atoms with Crippen LogP contribution in [0.1, 0.15) is 5.56 Å². The third kappa shape index (κ3) is 4.59. The molecule has 0 radical (unpaired) electrons. The molecule has 1 atom stereocenters. The number of imidazole rings is 1. The van der Waals surface area contributed by atoms with Gasteiger partial charge in [-0.2, -0.15) is 0 Å². The molecule has 0 N–H and O–H groups in total. The van der Waals surface area contributed by atoms with Gasteiger partial charge in [-0.05, 0) is 30.7 Å². The van der Waals surface area contributed by atoms with Gasteiger partial charge in [-0.1, -0.05) is 11.6 Å². The fraction of sp³-hybridized carbons (Fsp3) is 0.364. The minimum absolute atomic E-state index is 0.0846. The third-order valence-corrected chi connectivity index (χ3v) is 7.04. The van der Waals surface area contributed by atoms with Crippen molar-refractivity contribution in [2.24, 2.45) is 0 Å². The van der Waals surface area contributed by atoms with E-state index in [0.29, 0.717) is 23.1 Å². The molecule has 1 aromatic heterocycles. The van der Waals surface area contributed by atoms with E-state index >= 15 is 4.39 Å². The summed E-state index contributed by atoms with van der Waals surface area (Å²) >= 11 is 6.33. The lowest BCUT2D eigenvalue weighted by atomic mass is 10.2. The van der Waals surface area contributed by atoms with Crippen LogP contribution in [-0.2, 0) is 25.9 Å². The van der Waals surface area contributed by atoms with E-state index in [2.05, 4.69) is 4.98 Å². The van der Waals surface area contributed by atoms with E-state index in [1.165, 1.54) is 24.1 Å². The molecule has 2 heterocycles. The van der Waals surface area contributed by atoms with Crippen LogP contribution in [0, 0.1) is 18.6 Å². The van der Waals surface area contributed by atoms with Crippen molar-refractivity contribution < 1.29 is 31.5 Å². The second-order valence-electron chi connectivity index (χ2n) is 8.08. The summed E-state index contributed by atoms with van der Waals surface area (Å²) in [5, 5.41) is -0.157. The molecule has 0 unspecified atom stereocenters. The second-order valence-corrected chi connectivity index (χ2v) is 10.5. The van der Waals surface area contributed by atoms with Crippen LogP contribution in [0.5, 0.6) is 0 Å². The Balaban J connectivity index is 1.85. The number of benzene rings is 2. The number of sulfone groups is 1. The molecule has 34 heavy (non-hydrogen) atoms. The van der Waals surface area contributed by atoms with E-state index in [-0.39, 0.29) is 41.0 Å². The molecule has 0 aliphatic carbocycles. The number of halogens is 3. The Kier molecular flexibility index (Phi) is 6.54. The topological polar surface area (TPSA) is 90.7 Å². The van der Waals surface area contributed by atoms with Gasteiger partial charge in [0.2, 0.25) is 0 Å². The van der Waals surface area contributed by atoms with Crippen molar-refractivity contribution in [3.8, 4) is 11.4 Å². The Morgan fingerprint density at radius 1 is 1.26 bits per heavy atom. The molecule has 182 valence electrons. The number of rotatable bonds is 4. The standard InChI is InChI=1S/C22H22ClF2N3O5S/c1-12-6-18-19(9-16(12)24)28(11-13-10-27(4-5-33-13)22(29)32-2)21(26-18)20-15(23)7-14(8-17(20)25)34(3,30)31/h6-9,13H,4-5,10-11H2,1-3H3/t13-/m1/s1. The number of amides is 1. The van der Waals surface area contributed by atoms with Crippen LogP contribution in [0.4, 0.5) is 13.6 Å². The molecule has 2 aromatic carbocycles. The van der Waals surface area contributed by atoms with Crippen LogP contribution in [-0.4, -0.2) is 68.1 Å². The van der Waals surface area contributed by atoms with E-state index in [9.17, 15) is 17.6 Å². The van der Waals surface area contributed by atoms with E-state index < -0.39 is 33.7 Å². The van der Waals surface area contributed by atoms with Crippen molar-refractivity contribution in [2.45, 2.75) is 24.5 Å². The maximum absolute atomic E-state index is 15.2. The van der Waals surface area contributed by atoms with Crippen molar-refractivity contribution >= 4 is 38.6 Å². The molecular weight excluding hydrogens is 492 g/mol. The number of fused-ring (bicyclic) bond motifs is 1.